The molecule has 1 aliphatic rings. The Morgan fingerprint density at radius 3 is 2.52 bits per heavy atom. The van der Waals surface area contributed by atoms with E-state index in [-0.39, 0.29) is 16.7 Å². The molecule has 0 unspecified atom stereocenters. The maximum atomic E-state index is 12.6. The molecule has 0 spiro atoms. The Balaban J connectivity index is 1.95. The van der Waals surface area contributed by atoms with E-state index in [4.69, 9.17) is 0 Å². The van der Waals surface area contributed by atoms with Crippen molar-refractivity contribution >= 4 is 31.9 Å². The van der Waals surface area contributed by atoms with Crippen LogP contribution in [0.2, 0.25) is 0 Å². The molecular weight excluding hydrogens is 430 g/mol. The summed E-state index contributed by atoms with van der Waals surface area (Å²) in [7, 11) is -3.76. The molecule has 0 aliphatic carbocycles. The summed E-state index contributed by atoms with van der Waals surface area (Å²) in [5.41, 5.74) is 0. The van der Waals surface area contributed by atoms with E-state index >= 15 is 0 Å². The highest BCUT2D eigenvalue weighted by atomic mass is 79.9. The van der Waals surface area contributed by atoms with Gasteiger partial charge in [0.05, 0.1) is 4.90 Å². The Bertz CT molecular complexity index is 722. The molecule has 8 heteroatoms. The number of carbonyl (C=O) groups is 1. The third-order valence-electron chi connectivity index (χ3n) is 4.99. The van der Waals surface area contributed by atoms with Crippen LogP contribution in [0.25, 0.3) is 0 Å². The van der Waals surface area contributed by atoms with Crippen LogP contribution in [0.3, 0.4) is 0 Å². The Kier molecular flexibility index (Phi) is 8.27. The van der Waals surface area contributed by atoms with Crippen molar-refractivity contribution in [3.63, 3.8) is 0 Å². The third-order valence-corrected chi connectivity index (χ3v) is 6.98. The minimum Gasteiger partial charge on any atom is -0.353 e. The van der Waals surface area contributed by atoms with E-state index in [1.54, 1.807) is 12.1 Å². The molecule has 1 fully saturated rings. The van der Waals surface area contributed by atoms with Gasteiger partial charge in [0.15, 0.2) is 0 Å². The Hall–Kier alpha value is -0.960. The van der Waals surface area contributed by atoms with Crippen molar-refractivity contribution in [3.8, 4) is 0 Å². The van der Waals surface area contributed by atoms with E-state index in [0.29, 0.717) is 12.6 Å². The van der Waals surface area contributed by atoms with Crippen molar-refractivity contribution in [3.05, 3.63) is 28.7 Å². The van der Waals surface area contributed by atoms with Crippen LogP contribution < -0.4 is 10.0 Å². The molecule has 2 atom stereocenters. The van der Waals surface area contributed by atoms with Crippen LogP contribution in [0.1, 0.15) is 40.0 Å². The molecule has 152 valence electrons. The topological polar surface area (TPSA) is 78.5 Å². The summed E-state index contributed by atoms with van der Waals surface area (Å²) in [4.78, 5) is 15.1. The molecule has 0 bridgehead atoms. The number of likely N-dealkylation sites (tertiary alicyclic amines) is 1. The summed E-state index contributed by atoms with van der Waals surface area (Å²) in [6.45, 7) is 8.25. The van der Waals surface area contributed by atoms with Gasteiger partial charge in [0.2, 0.25) is 15.9 Å². The van der Waals surface area contributed by atoms with Crippen LogP contribution in [0.5, 0.6) is 0 Å². The molecule has 1 aromatic rings. The normalized spacial score (nSPS) is 19.8. The van der Waals surface area contributed by atoms with E-state index in [1.807, 2.05) is 13.8 Å². The molecule has 0 radical (unpaired) electrons. The van der Waals surface area contributed by atoms with Crippen molar-refractivity contribution < 1.29 is 13.2 Å². The van der Waals surface area contributed by atoms with Gasteiger partial charge in [-0.1, -0.05) is 36.2 Å². The fraction of sp³-hybridized carbons (Fsp3) is 0.632. The monoisotopic (exact) mass is 459 g/mol. The zero-order chi connectivity index (χ0) is 20.0. The van der Waals surface area contributed by atoms with Gasteiger partial charge in [-0.25, -0.2) is 8.42 Å². The summed E-state index contributed by atoms with van der Waals surface area (Å²) in [6, 6.07) is 6.08. The molecule has 2 rings (SSSR count). The van der Waals surface area contributed by atoms with E-state index in [2.05, 4.69) is 37.8 Å². The van der Waals surface area contributed by atoms with Crippen LogP contribution >= 0.6 is 15.9 Å². The number of nitrogens with one attached hydrogen (secondary N) is 2. The van der Waals surface area contributed by atoms with E-state index in [9.17, 15) is 13.2 Å². The number of sulfonamides is 1. The fourth-order valence-electron chi connectivity index (χ4n) is 3.26. The molecule has 1 amide bonds. The van der Waals surface area contributed by atoms with Crippen LogP contribution in [0.4, 0.5) is 0 Å². The zero-order valence-electron chi connectivity index (χ0n) is 16.2. The SMILES string of the molecule is CC(C)[C@H](NS(=O)(=O)c1ccc(Br)cc1)C(=O)NCCN1CCCC[C@H]1C. The van der Waals surface area contributed by atoms with Crippen molar-refractivity contribution in [2.45, 2.75) is 57.0 Å². The standard InChI is InChI=1S/C19H30BrN3O3S/c1-14(2)18(22-27(25,26)17-9-7-16(20)8-10-17)19(24)21-11-13-23-12-5-4-6-15(23)3/h7-10,14-15,18,22H,4-6,11-13H2,1-3H3,(H,21,24)/t15-,18+/m1/s1. The average molecular weight is 460 g/mol. The van der Waals surface area contributed by atoms with Gasteiger partial charge in [0, 0.05) is 23.6 Å². The van der Waals surface area contributed by atoms with E-state index in [1.165, 1.54) is 31.4 Å². The molecular formula is C19H30BrN3O3S. The van der Waals surface area contributed by atoms with Gasteiger partial charge in [-0.2, -0.15) is 4.72 Å². The Morgan fingerprint density at radius 1 is 1.26 bits per heavy atom. The molecule has 27 heavy (non-hydrogen) atoms. The first-order valence-electron chi connectivity index (χ1n) is 9.50. The first kappa shape index (κ1) is 22.3. The zero-order valence-corrected chi connectivity index (χ0v) is 18.6. The van der Waals surface area contributed by atoms with Gasteiger partial charge in [-0.05, 0) is 56.5 Å². The summed E-state index contributed by atoms with van der Waals surface area (Å²) >= 11 is 3.29. The predicted octanol–water partition coefficient (Wildman–Crippen LogP) is 2.74. The van der Waals surface area contributed by atoms with Crippen molar-refractivity contribution in [2.24, 2.45) is 5.92 Å². The van der Waals surface area contributed by atoms with Crippen LogP contribution in [0, 0.1) is 5.92 Å². The van der Waals surface area contributed by atoms with Crippen molar-refractivity contribution in [1.29, 1.82) is 0 Å². The summed E-state index contributed by atoms with van der Waals surface area (Å²) in [5, 5.41) is 2.90. The fourth-order valence-corrected chi connectivity index (χ4v) is 4.87. The van der Waals surface area contributed by atoms with Crippen molar-refractivity contribution in [2.75, 3.05) is 19.6 Å². The minimum atomic E-state index is -3.76. The second-order valence-corrected chi connectivity index (χ2v) is 10.1. The second kappa shape index (κ2) is 10.0. The minimum absolute atomic E-state index is 0.145. The lowest BCUT2D eigenvalue weighted by atomic mass is 10.0. The van der Waals surface area contributed by atoms with Crippen LogP contribution in [-0.2, 0) is 14.8 Å². The van der Waals surface area contributed by atoms with E-state index < -0.39 is 16.1 Å². The molecule has 1 saturated heterocycles. The second-order valence-electron chi connectivity index (χ2n) is 7.47. The average Bonchev–Trinajstić information content (AvgIpc) is 2.61. The summed E-state index contributed by atoms with van der Waals surface area (Å²) in [6.07, 6.45) is 3.65. The number of halogens is 1. The summed E-state index contributed by atoms with van der Waals surface area (Å²) < 4.78 is 28.6. The third kappa shape index (κ3) is 6.55. The lowest BCUT2D eigenvalue weighted by Gasteiger charge is -2.33. The van der Waals surface area contributed by atoms with Gasteiger partial charge in [-0.15, -0.1) is 0 Å². The molecule has 0 aromatic heterocycles. The number of amides is 1. The Morgan fingerprint density at radius 2 is 1.93 bits per heavy atom. The van der Waals surface area contributed by atoms with Gasteiger partial charge in [-0.3, -0.25) is 9.69 Å². The molecule has 1 heterocycles. The lowest BCUT2D eigenvalue weighted by Crippen LogP contribution is -2.51. The maximum Gasteiger partial charge on any atom is 0.241 e. The van der Waals surface area contributed by atoms with Gasteiger partial charge in [0.1, 0.15) is 6.04 Å². The molecule has 0 saturated carbocycles. The van der Waals surface area contributed by atoms with Crippen LogP contribution in [0.15, 0.2) is 33.6 Å². The smallest absolute Gasteiger partial charge is 0.241 e. The number of hydrogen-bond acceptors (Lipinski definition) is 4. The van der Waals surface area contributed by atoms with Crippen LogP contribution in [-0.4, -0.2) is 50.9 Å². The van der Waals surface area contributed by atoms with Gasteiger partial charge >= 0.3 is 0 Å². The van der Waals surface area contributed by atoms with Crippen molar-refractivity contribution in [1.82, 2.24) is 14.9 Å². The number of benzene rings is 1. The number of rotatable bonds is 8. The molecule has 1 aromatic carbocycles. The first-order valence-corrected chi connectivity index (χ1v) is 11.8. The molecule has 6 nitrogen and oxygen atoms in total. The number of nitrogens with zero attached hydrogens (tertiary/aromatic N) is 1. The lowest BCUT2D eigenvalue weighted by molar-refractivity contribution is -0.123. The highest BCUT2D eigenvalue weighted by Gasteiger charge is 2.28. The van der Waals surface area contributed by atoms with Gasteiger partial charge < -0.3 is 5.32 Å². The molecule has 2 N–H and O–H groups in total. The Labute approximate surface area is 171 Å². The molecule has 1 aliphatic heterocycles. The highest BCUT2D eigenvalue weighted by Crippen LogP contribution is 2.17. The first-order chi connectivity index (χ1) is 12.7. The quantitative estimate of drug-likeness (QED) is 0.626. The van der Waals surface area contributed by atoms with Gasteiger partial charge in [0.25, 0.3) is 0 Å². The summed E-state index contributed by atoms with van der Waals surface area (Å²) in [5.74, 6) is -0.445. The largest absolute Gasteiger partial charge is 0.353 e. The van der Waals surface area contributed by atoms with E-state index in [0.717, 1.165) is 17.6 Å². The number of hydrogen-bond donors (Lipinski definition) is 2. The highest BCUT2D eigenvalue weighted by molar-refractivity contribution is 9.10. The predicted molar refractivity (Wildman–Crippen MR) is 111 cm³/mol. The number of piperidine rings is 1. The maximum absolute atomic E-state index is 12.6. The number of carbonyl (C=O) groups excluding carboxylic acids is 1.